The highest BCUT2D eigenvalue weighted by Gasteiger charge is 2.29. The van der Waals surface area contributed by atoms with E-state index in [2.05, 4.69) is 5.32 Å². The number of primary amides is 1. The summed E-state index contributed by atoms with van der Waals surface area (Å²) in [7, 11) is 0. The first-order valence-electron chi connectivity index (χ1n) is 7.02. The highest BCUT2D eigenvalue weighted by Crippen LogP contribution is 2.19. The molecule has 0 fully saturated rings. The van der Waals surface area contributed by atoms with Crippen LogP contribution in [0.5, 0.6) is 5.75 Å². The van der Waals surface area contributed by atoms with Gasteiger partial charge in [0.15, 0.2) is 11.6 Å². The second-order valence-electron chi connectivity index (χ2n) is 5.15. The number of hydrogen-bond acceptors (Lipinski definition) is 3. The van der Waals surface area contributed by atoms with Crippen molar-refractivity contribution >= 4 is 5.91 Å². The van der Waals surface area contributed by atoms with Gasteiger partial charge in [-0.2, -0.15) is 0 Å². The van der Waals surface area contributed by atoms with Crippen LogP contribution in [0.15, 0.2) is 18.2 Å². The van der Waals surface area contributed by atoms with Crippen molar-refractivity contribution in [1.29, 1.82) is 0 Å². The Morgan fingerprint density at radius 3 is 2.71 bits per heavy atom. The van der Waals surface area contributed by atoms with E-state index in [1.807, 2.05) is 6.92 Å². The number of nitrogens with two attached hydrogens (primary N) is 1. The van der Waals surface area contributed by atoms with Crippen molar-refractivity contribution in [3.8, 4) is 5.75 Å². The second-order valence-corrected chi connectivity index (χ2v) is 5.15. The van der Waals surface area contributed by atoms with E-state index >= 15 is 0 Å². The molecule has 0 heterocycles. The number of hydrogen-bond donors (Lipinski definition) is 2. The Balaban J connectivity index is 2.46. The van der Waals surface area contributed by atoms with Gasteiger partial charge in [-0.3, -0.25) is 4.79 Å². The largest absolute Gasteiger partial charge is 0.491 e. The summed E-state index contributed by atoms with van der Waals surface area (Å²) < 4.78 is 31.3. The molecule has 1 rings (SSSR count). The number of nitrogens with one attached hydrogen (secondary N) is 1. The molecule has 0 bridgehead atoms. The number of carbonyl (C=O) groups excluding carboxylic acids is 1. The van der Waals surface area contributed by atoms with Crippen molar-refractivity contribution in [2.75, 3.05) is 13.2 Å². The molecular weight excluding hydrogens is 278 g/mol. The number of rotatable bonds is 9. The van der Waals surface area contributed by atoms with Crippen LogP contribution >= 0.6 is 0 Å². The van der Waals surface area contributed by atoms with Gasteiger partial charge in [0, 0.05) is 6.07 Å². The molecular formula is C15H22F2N2O2. The van der Waals surface area contributed by atoms with Crippen molar-refractivity contribution in [3.63, 3.8) is 0 Å². The molecule has 0 aliphatic heterocycles. The van der Waals surface area contributed by atoms with Gasteiger partial charge >= 0.3 is 0 Å². The topological polar surface area (TPSA) is 64.3 Å². The first kappa shape index (κ1) is 17.4. The van der Waals surface area contributed by atoms with Gasteiger partial charge in [-0.15, -0.1) is 0 Å². The Morgan fingerprint density at radius 1 is 1.43 bits per heavy atom. The average Bonchev–Trinajstić information content (AvgIpc) is 2.43. The summed E-state index contributed by atoms with van der Waals surface area (Å²) in [4.78, 5) is 11.5. The zero-order chi connectivity index (χ0) is 15.9. The van der Waals surface area contributed by atoms with Crippen molar-refractivity contribution in [2.45, 2.75) is 38.6 Å². The molecule has 4 nitrogen and oxygen atoms in total. The van der Waals surface area contributed by atoms with Crippen LogP contribution in [0.25, 0.3) is 0 Å². The third kappa shape index (κ3) is 5.30. The lowest BCUT2D eigenvalue weighted by Crippen LogP contribution is -2.53. The van der Waals surface area contributed by atoms with Gasteiger partial charge in [0.25, 0.3) is 0 Å². The van der Waals surface area contributed by atoms with E-state index in [1.165, 1.54) is 6.07 Å². The van der Waals surface area contributed by atoms with Gasteiger partial charge in [-0.05, 0) is 44.9 Å². The van der Waals surface area contributed by atoms with Crippen molar-refractivity contribution in [2.24, 2.45) is 5.73 Å². The first-order chi connectivity index (χ1) is 9.89. The molecule has 6 heteroatoms. The third-order valence-corrected chi connectivity index (χ3v) is 3.28. The normalized spacial score (nSPS) is 13.7. The molecule has 0 aliphatic carbocycles. The maximum Gasteiger partial charge on any atom is 0.237 e. The van der Waals surface area contributed by atoms with E-state index < -0.39 is 23.1 Å². The molecule has 0 radical (unpaired) electrons. The number of halogens is 2. The predicted molar refractivity (Wildman–Crippen MR) is 77.0 cm³/mol. The van der Waals surface area contributed by atoms with Crippen LogP contribution in [0, 0.1) is 11.6 Å². The quantitative estimate of drug-likeness (QED) is 0.688. The Kier molecular flexibility index (Phi) is 6.55. The SMILES string of the molecule is CCCNC(C)(CCCOc1ccc(F)cc1F)C(N)=O. The van der Waals surface area contributed by atoms with Crippen molar-refractivity contribution in [3.05, 3.63) is 29.8 Å². The van der Waals surface area contributed by atoms with Crippen LogP contribution in [0.4, 0.5) is 8.78 Å². The Hall–Kier alpha value is -1.69. The Morgan fingerprint density at radius 2 is 2.14 bits per heavy atom. The van der Waals surface area contributed by atoms with E-state index in [0.29, 0.717) is 19.4 Å². The van der Waals surface area contributed by atoms with Crippen LogP contribution in [-0.4, -0.2) is 24.6 Å². The zero-order valence-electron chi connectivity index (χ0n) is 12.4. The van der Waals surface area contributed by atoms with E-state index in [0.717, 1.165) is 18.6 Å². The number of ether oxygens (including phenoxy) is 1. The van der Waals surface area contributed by atoms with Crippen molar-refractivity contribution in [1.82, 2.24) is 5.32 Å². The third-order valence-electron chi connectivity index (χ3n) is 3.28. The predicted octanol–water partition coefficient (Wildman–Crippen LogP) is 2.37. The van der Waals surface area contributed by atoms with Crippen LogP contribution in [0.1, 0.15) is 33.1 Å². The molecule has 21 heavy (non-hydrogen) atoms. The zero-order valence-corrected chi connectivity index (χ0v) is 12.4. The molecule has 0 saturated heterocycles. The minimum Gasteiger partial charge on any atom is -0.491 e. The molecule has 3 N–H and O–H groups in total. The second kappa shape index (κ2) is 7.93. The average molecular weight is 300 g/mol. The highest BCUT2D eigenvalue weighted by atomic mass is 19.1. The monoisotopic (exact) mass is 300 g/mol. The summed E-state index contributed by atoms with van der Waals surface area (Å²) >= 11 is 0. The summed E-state index contributed by atoms with van der Waals surface area (Å²) in [6.07, 6.45) is 1.89. The number of amides is 1. The smallest absolute Gasteiger partial charge is 0.237 e. The summed E-state index contributed by atoms with van der Waals surface area (Å²) in [5.41, 5.74) is 4.60. The van der Waals surface area contributed by atoms with E-state index in [-0.39, 0.29) is 12.4 Å². The molecule has 1 unspecified atom stereocenters. The first-order valence-corrected chi connectivity index (χ1v) is 7.02. The lowest BCUT2D eigenvalue weighted by molar-refractivity contribution is -0.124. The Labute approximate surface area is 123 Å². The summed E-state index contributed by atoms with van der Waals surface area (Å²) in [5.74, 6) is -1.82. The maximum absolute atomic E-state index is 13.4. The maximum atomic E-state index is 13.4. The van der Waals surface area contributed by atoms with E-state index in [1.54, 1.807) is 6.92 Å². The van der Waals surface area contributed by atoms with Gasteiger partial charge < -0.3 is 15.8 Å². The van der Waals surface area contributed by atoms with Crippen LogP contribution in [0.3, 0.4) is 0 Å². The van der Waals surface area contributed by atoms with Gasteiger partial charge in [0.05, 0.1) is 12.1 Å². The van der Waals surface area contributed by atoms with Crippen molar-refractivity contribution < 1.29 is 18.3 Å². The van der Waals surface area contributed by atoms with Gasteiger partial charge in [-0.25, -0.2) is 8.78 Å². The molecule has 1 aromatic rings. The summed E-state index contributed by atoms with van der Waals surface area (Å²) in [6.45, 7) is 4.64. The highest BCUT2D eigenvalue weighted by molar-refractivity contribution is 5.84. The summed E-state index contributed by atoms with van der Waals surface area (Å²) in [6, 6.07) is 3.15. The van der Waals surface area contributed by atoms with Crippen LogP contribution < -0.4 is 15.8 Å². The van der Waals surface area contributed by atoms with Crippen LogP contribution in [0.2, 0.25) is 0 Å². The number of benzene rings is 1. The minimum absolute atomic E-state index is 0.00121. The molecule has 0 saturated carbocycles. The fourth-order valence-electron chi connectivity index (χ4n) is 1.90. The van der Waals surface area contributed by atoms with Gasteiger partial charge in [0.2, 0.25) is 5.91 Å². The lowest BCUT2D eigenvalue weighted by atomic mass is 9.95. The molecule has 118 valence electrons. The molecule has 1 aromatic carbocycles. The number of carbonyl (C=O) groups is 1. The summed E-state index contributed by atoms with van der Waals surface area (Å²) in [5, 5.41) is 3.11. The Bertz CT molecular complexity index is 483. The standard InChI is InChI=1S/C15H22F2N2O2/c1-3-8-19-15(2,14(18)20)7-4-9-21-13-6-5-11(16)10-12(13)17/h5-6,10,19H,3-4,7-9H2,1-2H3,(H2,18,20). The molecule has 0 spiro atoms. The van der Waals surface area contributed by atoms with Gasteiger partial charge in [0.1, 0.15) is 5.82 Å². The van der Waals surface area contributed by atoms with E-state index in [9.17, 15) is 13.6 Å². The van der Waals surface area contributed by atoms with Gasteiger partial charge in [-0.1, -0.05) is 6.92 Å². The fraction of sp³-hybridized carbons (Fsp3) is 0.533. The molecule has 0 aliphatic rings. The fourth-order valence-corrected chi connectivity index (χ4v) is 1.90. The lowest BCUT2D eigenvalue weighted by Gasteiger charge is -2.27. The van der Waals surface area contributed by atoms with E-state index in [4.69, 9.17) is 10.5 Å². The minimum atomic E-state index is -0.805. The molecule has 1 amide bonds. The molecule has 0 aromatic heterocycles. The van der Waals surface area contributed by atoms with Crippen LogP contribution in [-0.2, 0) is 4.79 Å². The molecule has 1 atom stereocenters.